The summed E-state index contributed by atoms with van der Waals surface area (Å²) in [6.07, 6.45) is 0. The number of ether oxygens (including phenoxy) is 2. The fourth-order valence-corrected chi connectivity index (χ4v) is 5.01. The van der Waals surface area contributed by atoms with Gasteiger partial charge < -0.3 is 14.8 Å². The molecule has 2 atom stereocenters. The number of rotatable bonds is 6. The van der Waals surface area contributed by atoms with Crippen LogP contribution >= 0.6 is 11.3 Å². The first-order chi connectivity index (χ1) is 16.8. The van der Waals surface area contributed by atoms with Crippen molar-refractivity contribution in [3.63, 3.8) is 0 Å². The molecule has 168 valence electrons. The molecule has 3 heterocycles. The summed E-state index contributed by atoms with van der Waals surface area (Å²) in [5.41, 5.74) is 5.16. The van der Waals surface area contributed by atoms with Gasteiger partial charge in [0, 0.05) is 0 Å². The number of hydrogen-bond acceptors (Lipinski definition) is 6. The van der Waals surface area contributed by atoms with Crippen LogP contribution < -0.4 is 5.32 Å². The van der Waals surface area contributed by atoms with Crippen molar-refractivity contribution in [3.8, 4) is 0 Å². The Kier molecular flexibility index (Phi) is 5.57. The minimum Gasteiger partial charge on any atom is -0.475 e. The third-order valence-corrected chi connectivity index (χ3v) is 6.86. The monoisotopic (exact) mass is 465 g/mol. The maximum atomic E-state index is 6.02. The van der Waals surface area contributed by atoms with Crippen LogP contribution in [0.4, 0.5) is 11.4 Å². The predicted octanol–water partition coefficient (Wildman–Crippen LogP) is 6.53. The van der Waals surface area contributed by atoms with Crippen molar-refractivity contribution in [3.05, 3.63) is 118 Å². The zero-order valence-corrected chi connectivity index (χ0v) is 19.2. The fourth-order valence-electron chi connectivity index (χ4n) is 4.21. The molecule has 34 heavy (non-hydrogen) atoms. The van der Waals surface area contributed by atoms with Gasteiger partial charge in [-0.1, -0.05) is 72.8 Å². The first-order valence-electron chi connectivity index (χ1n) is 11.3. The first-order valence-corrected chi connectivity index (χ1v) is 12.2. The van der Waals surface area contributed by atoms with Gasteiger partial charge in [0.1, 0.15) is 30.2 Å². The van der Waals surface area contributed by atoms with Gasteiger partial charge in [-0.2, -0.15) is 0 Å². The lowest BCUT2D eigenvalue weighted by atomic mass is 10.1. The van der Waals surface area contributed by atoms with Crippen molar-refractivity contribution in [1.29, 1.82) is 0 Å². The highest BCUT2D eigenvalue weighted by Crippen LogP contribution is 2.34. The minimum absolute atomic E-state index is 0.0112. The van der Waals surface area contributed by atoms with Crippen LogP contribution in [0.3, 0.4) is 0 Å². The lowest BCUT2D eigenvalue weighted by Gasteiger charge is -2.12. The summed E-state index contributed by atoms with van der Waals surface area (Å²) in [5, 5.41) is 5.63. The van der Waals surface area contributed by atoms with E-state index in [0.29, 0.717) is 25.0 Å². The van der Waals surface area contributed by atoms with Gasteiger partial charge in [0.25, 0.3) is 0 Å². The number of nitrogens with zero attached hydrogens (tertiary/aromatic N) is 2. The Hall–Kier alpha value is -3.90. The molecule has 5 nitrogen and oxygen atoms in total. The van der Waals surface area contributed by atoms with Crippen LogP contribution in [0.25, 0.3) is 0 Å². The molecule has 0 unspecified atom stereocenters. The highest BCUT2D eigenvalue weighted by atomic mass is 32.1. The van der Waals surface area contributed by atoms with E-state index in [9.17, 15) is 0 Å². The highest BCUT2D eigenvalue weighted by Gasteiger charge is 2.26. The van der Waals surface area contributed by atoms with E-state index in [0.717, 1.165) is 27.4 Å². The van der Waals surface area contributed by atoms with Crippen LogP contribution in [0.1, 0.15) is 33.7 Å². The normalized spacial score (nSPS) is 19.2. The zero-order valence-electron chi connectivity index (χ0n) is 18.4. The third kappa shape index (κ3) is 4.08. The molecule has 1 N–H and O–H groups in total. The lowest BCUT2D eigenvalue weighted by Crippen LogP contribution is -2.07. The maximum Gasteiger partial charge on any atom is 0.229 e. The molecule has 1 aromatic heterocycles. The molecule has 0 bridgehead atoms. The van der Waals surface area contributed by atoms with E-state index in [1.54, 1.807) is 11.3 Å². The summed E-state index contributed by atoms with van der Waals surface area (Å²) in [6, 6.07) is 30.7. The van der Waals surface area contributed by atoms with E-state index in [1.165, 1.54) is 5.56 Å². The zero-order chi connectivity index (χ0) is 22.7. The second-order valence-electron chi connectivity index (χ2n) is 8.18. The first kappa shape index (κ1) is 20.7. The molecule has 0 radical (unpaired) electrons. The summed E-state index contributed by atoms with van der Waals surface area (Å²) >= 11 is 1.62. The van der Waals surface area contributed by atoms with Crippen LogP contribution in [0.5, 0.6) is 0 Å². The molecule has 0 fully saturated rings. The van der Waals surface area contributed by atoms with Crippen molar-refractivity contribution in [2.75, 3.05) is 18.5 Å². The predicted molar refractivity (Wildman–Crippen MR) is 137 cm³/mol. The third-order valence-electron chi connectivity index (χ3n) is 5.96. The molecular formula is C28H23N3O2S. The van der Waals surface area contributed by atoms with Crippen molar-refractivity contribution < 1.29 is 9.47 Å². The van der Waals surface area contributed by atoms with E-state index in [2.05, 4.69) is 41.0 Å². The van der Waals surface area contributed by atoms with E-state index >= 15 is 0 Å². The minimum atomic E-state index is 0.0112. The number of benzene rings is 3. The maximum absolute atomic E-state index is 6.02. The summed E-state index contributed by atoms with van der Waals surface area (Å²) < 4.78 is 12.0. The molecule has 0 saturated carbocycles. The Morgan fingerprint density at radius 3 is 1.94 bits per heavy atom. The molecule has 6 heteroatoms. The second-order valence-corrected chi connectivity index (χ2v) is 9.09. The Morgan fingerprint density at radius 1 is 0.647 bits per heavy atom. The highest BCUT2D eigenvalue weighted by molar-refractivity contribution is 7.12. The topological polar surface area (TPSA) is 55.2 Å². The molecule has 2 aliphatic heterocycles. The molecule has 6 rings (SSSR count). The van der Waals surface area contributed by atoms with Gasteiger partial charge in [0.2, 0.25) is 11.8 Å². The van der Waals surface area contributed by atoms with E-state index in [1.807, 2.05) is 60.7 Å². The Bertz CT molecular complexity index is 1350. The van der Waals surface area contributed by atoms with Crippen molar-refractivity contribution in [2.45, 2.75) is 12.1 Å². The SMILES string of the molecule is c1ccc([C@H]2COC(c3ccccc3Nc3ccsc3C3=N[C@@H](c4ccccc4)CO3)=N2)cc1. The van der Waals surface area contributed by atoms with Gasteiger partial charge in [-0.25, -0.2) is 9.98 Å². The van der Waals surface area contributed by atoms with Gasteiger partial charge in [-0.3, -0.25) is 0 Å². The summed E-state index contributed by atoms with van der Waals surface area (Å²) in [7, 11) is 0. The van der Waals surface area contributed by atoms with Gasteiger partial charge in [0.05, 0.1) is 16.9 Å². The Morgan fingerprint density at radius 2 is 1.24 bits per heavy atom. The van der Waals surface area contributed by atoms with Crippen LogP contribution in [-0.4, -0.2) is 25.0 Å². The van der Waals surface area contributed by atoms with Crippen LogP contribution in [0.2, 0.25) is 0 Å². The number of anilines is 2. The molecule has 0 aliphatic carbocycles. The average Bonchev–Trinajstić information content (AvgIpc) is 3.66. The molecule has 2 aliphatic rings. The number of aliphatic imine (C=N–C) groups is 2. The molecule has 4 aromatic rings. The van der Waals surface area contributed by atoms with Crippen molar-refractivity contribution in [1.82, 2.24) is 0 Å². The number of thiophene rings is 1. The van der Waals surface area contributed by atoms with E-state index in [4.69, 9.17) is 19.5 Å². The molecular weight excluding hydrogens is 442 g/mol. The Labute approximate surface area is 202 Å². The van der Waals surface area contributed by atoms with Gasteiger partial charge in [-0.05, 0) is 34.7 Å². The van der Waals surface area contributed by atoms with Gasteiger partial charge in [0.15, 0.2) is 0 Å². The number of para-hydroxylation sites is 1. The average molecular weight is 466 g/mol. The second kappa shape index (κ2) is 9.15. The lowest BCUT2D eigenvalue weighted by molar-refractivity contribution is 0.320. The summed E-state index contributed by atoms with van der Waals surface area (Å²) in [4.78, 5) is 10.7. The summed E-state index contributed by atoms with van der Waals surface area (Å²) in [5.74, 6) is 1.34. The molecule has 0 spiro atoms. The number of nitrogens with one attached hydrogen (secondary N) is 1. The molecule has 0 amide bonds. The number of hydrogen-bond donors (Lipinski definition) is 1. The van der Waals surface area contributed by atoms with Crippen LogP contribution in [0.15, 0.2) is 106 Å². The van der Waals surface area contributed by atoms with Crippen LogP contribution in [0, 0.1) is 0 Å². The quantitative estimate of drug-likeness (QED) is 0.352. The van der Waals surface area contributed by atoms with Gasteiger partial charge in [-0.15, -0.1) is 11.3 Å². The summed E-state index contributed by atoms with van der Waals surface area (Å²) in [6.45, 7) is 1.10. The molecule has 3 aromatic carbocycles. The Balaban J connectivity index is 1.26. The van der Waals surface area contributed by atoms with E-state index < -0.39 is 0 Å². The van der Waals surface area contributed by atoms with Crippen LogP contribution in [-0.2, 0) is 9.47 Å². The van der Waals surface area contributed by atoms with Gasteiger partial charge >= 0.3 is 0 Å². The standard InChI is InChI=1S/C28H23N3O2S/c1-3-9-19(10-4-1)24-17-32-27(30-24)21-13-7-8-14-22(21)29-23-15-16-34-26(23)28-31-25(18-33-28)20-11-5-2-6-12-20/h1-16,24-25,29H,17-18H2/t24-,25-/m1/s1. The van der Waals surface area contributed by atoms with Crippen molar-refractivity contribution in [2.24, 2.45) is 9.98 Å². The molecule has 0 saturated heterocycles. The van der Waals surface area contributed by atoms with E-state index in [-0.39, 0.29) is 12.1 Å². The fraction of sp³-hybridized carbons (Fsp3) is 0.143. The largest absolute Gasteiger partial charge is 0.475 e. The van der Waals surface area contributed by atoms with Crippen molar-refractivity contribution >= 4 is 34.5 Å². The smallest absolute Gasteiger partial charge is 0.229 e.